The van der Waals surface area contributed by atoms with Gasteiger partial charge in [-0.3, -0.25) is 14.6 Å². The number of amides is 2. The monoisotopic (exact) mass is 473 g/mol. The molecule has 2 amide bonds. The fourth-order valence-corrected chi connectivity index (χ4v) is 5.35. The largest absolute Gasteiger partial charge is 0.351 e. The number of carbonyl (C=O) groups excluding carboxylic acids is 2. The number of benzene rings is 1. The number of pyridine rings is 1. The molecular weight excluding hydrogens is 446 g/mol. The lowest BCUT2D eigenvalue weighted by molar-refractivity contribution is -0.132. The van der Waals surface area contributed by atoms with Crippen molar-refractivity contribution in [1.29, 1.82) is 0 Å². The van der Waals surface area contributed by atoms with E-state index in [2.05, 4.69) is 20.3 Å². The number of aromatic nitrogens is 3. The average Bonchev–Trinajstić information content (AvgIpc) is 3.47. The summed E-state index contributed by atoms with van der Waals surface area (Å²) >= 11 is 1.61. The summed E-state index contributed by atoms with van der Waals surface area (Å²) in [5.74, 6) is 0.0202. The van der Waals surface area contributed by atoms with Crippen molar-refractivity contribution in [2.75, 3.05) is 6.54 Å². The molecule has 0 fully saturated rings. The first-order valence-electron chi connectivity index (χ1n) is 11.5. The van der Waals surface area contributed by atoms with Gasteiger partial charge in [0.2, 0.25) is 5.91 Å². The zero-order valence-corrected chi connectivity index (χ0v) is 20.2. The molecule has 0 bridgehead atoms. The first-order valence-corrected chi connectivity index (χ1v) is 12.4. The summed E-state index contributed by atoms with van der Waals surface area (Å²) in [5.41, 5.74) is 8.56. The Balaban J connectivity index is 1.25. The Bertz CT molecular complexity index is 1340. The number of carbonyl (C=O) groups is 2. The lowest BCUT2D eigenvalue weighted by atomic mass is 9.94. The molecule has 5 rings (SSSR count). The number of aryl methyl sites for hydroxylation is 3. The number of H-pyrrole nitrogens is 1. The molecule has 0 aliphatic carbocycles. The van der Waals surface area contributed by atoms with Crippen LogP contribution in [0.4, 0.5) is 0 Å². The normalized spacial score (nSPS) is 13.2. The van der Waals surface area contributed by atoms with Crippen molar-refractivity contribution in [3.63, 3.8) is 0 Å². The van der Waals surface area contributed by atoms with E-state index in [0.717, 1.165) is 46.3 Å². The third-order valence-corrected chi connectivity index (χ3v) is 7.55. The standard InChI is InChI=1S/C26H27N5O2S/c1-16-21(13-28-26(33)23-11-18-5-3-4-6-22(18)30-23)20-9-10-31(14-19(20)12-27-16)25(32)8-7-24-17(2)29-15-34-24/h3-6,11-12,15,30H,7-10,13-14H2,1-2H3,(H,28,33). The van der Waals surface area contributed by atoms with Crippen LogP contribution in [0.25, 0.3) is 10.9 Å². The van der Waals surface area contributed by atoms with Crippen LogP contribution >= 0.6 is 11.3 Å². The summed E-state index contributed by atoms with van der Waals surface area (Å²) in [4.78, 5) is 40.7. The predicted octanol–water partition coefficient (Wildman–Crippen LogP) is 4.08. The van der Waals surface area contributed by atoms with Crippen molar-refractivity contribution >= 4 is 34.1 Å². The summed E-state index contributed by atoms with van der Waals surface area (Å²) in [5, 5.41) is 4.06. The van der Waals surface area contributed by atoms with Gasteiger partial charge in [-0.1, -0.05) is 18.2 Å². The summed E-state index contributed by atoms with van der Waals surface area (Å²) in [6.07, 6.45) is 3.86. The third kappa shape index (κ3) is 4.46. The van der Waals surface area contributed by atoms with Crippen LogP contribution in [-0.2, 0) is 30.7 Å². The van der Waals surface area contributed by atoms with Gasteiger partial charge in [0.25, 0.3) is 5.91 Å². The molecule has 174 valence electrons. The first kappa shape index (κ1) is 22.3. The molecular formula is C26H27N5O2S. The molecule has 1 aliphatic rings. The molecule has 0 atom stereocenters. The van der Waals surface area contributed by atoms with Crippen molar-refractivity contribution < 1.29 is 9.59 Å². The Morgan fingerprint density at radius 1 is 1.18 bits per heavy atom. The Hall–Kier alpha value is -3.52. The number of nitrogens with zero attached hydrogens (tertiary/aromatic N) is 3. The van der Waals surface area contributed by atoms with E-state index in [1.165, 1.54) is 10.4 Å². The fourth-order valence-electron chi connectivity index (χ4n) is 4.57. The van der Waals surface area contributed by atoms with Gasteiger partial charge < -0.3 is 15.2 Å². The number of aromatic amines is 1. The summed E-state index contributed by atoms with van der Waals surface area (Å²) in [6.45, 7) is 5.61. The van der Waals surface area contributed by atoms with Gasteiger partial charge in [0.15, 0.2) is 0 Å². The Kier molecular flexibility index (Phi) is 6.15. The average molecular weight is 474 g/mol. The van der Waals surface area contributed by atoms with Gasteiger partial charge in [-0.2, -0.15) is 0 Å². The minimum Gasteiger partial charge on any atom is -0.351 e. The number of hydrogen-bond donors (Lipinski definition) is 2. The maximum absolute atomic E-state index is 12.8. The highest BCUT2D eigenvalue weighted by Gasteiger charge is 2.24. The van der Waals surface area contributed by atoms with Crippen LogP contribution < -0.4 is 5.32 Å². The highest BCUT2D eigenvalue weighted by molar-refractivity contribution is 7.09. The summed E-state index contributed by atoms with van der Waals surface area (Å²) < 4.78 is 0. The second-order valence-electron chi connectivity index (χ2n) is 8.71. The van der Waals surface area contributed by atoms with Gasteiger partial charge in [0.05, 0.1) is 11.2 Å². The lowest BCUT2D eigenvalue weighted by Crippen LogP contribution is -2.37. The molecule has 0 radical (unpaired) electrons. The van der Waals surface area contributed by atoms with Gasteiger partial charge in [-0.15, -0.1) is 11.3 Å². The van der Waals surface area contributed by atoms with Crippen LogP contribution in [0.3, 0.4) is 0 Å². The molecule has 1 aromatic carbocycles. The lowest BCUT2D eigenvalue weighted by Gasteiger charge is -2.30. The van der Waals surface area contributed by atoms with E-state index in [1.54, 1.807) is 11.3 Å². The van der Waals surface area contributed by atoms with Crippen molar-refractivity contribution in [2.45, 2.75) is 46.2 Å². The Morgan fingerprint density at radius 3 is 2.82 bits per heavy atom. The first-order chi connectivity index (χ1) is 16.5. The third-order valence-electron chi connectivity index (χ3n) is 6.56. The van der Waals surface area contributed by atoms with E-state index in [9.17, 15) is 9.59 Å². The molecule has 0 saturated heterocycles. The van der Waals surface area contributed by atoms with Gasteiger partial charge in [-0.25, -0.2) is 4.98 Å². The van der Waals surface area contributed by atoms with Crippen molar-refractivity contribution in [3.05, 3.63) is 80.7 Å². The summed E-state index contributed by atoms with van der Waals surface area (Å²) in [6, 6.07) is 9.71. The molecule has 2 N–H and O–H groups in total. The molecule has 4 aromatic rings. The SMILES string of the molecule is Cc1ncsc1CCC(=O)N1CCc2c(cnc(C)c2CNC(=O)c2cc3ccccc3[nH]2)C1. The van der Waals surface area contributed by atoms with E-state index >= 15 is 0 Å². The second-order valence-corrected chi connectivity index (χ2v) is 9.64. The van der Waals surface area contributed by atoms with E-state index in [-0.39, 0.29) is 11.8 Å². The molecule has 34 heavy (non-hydrogen) atoms. The van der Waals surface area contributed by atoms with Gasteiger partial charge >= 0.3 is 0 Å². The Labute approximate surface area is 202 Å². The molecule has 8 heteroatoms. The predicted molar refractivity (Wildman–Crippen MR) is 133 cm³/mol. The van der Waals surface area contributed by atoms with E-state index in [1.807, 2.05) is 60.8 Å². The van der Waals surface area contributed by atoms with E-state index in [0.29, 0.717) is 31.7 Å². The minimum absolute atomic E-state index is 0.140. The maximum atomic E-state index is 12.8. The fraction of sp³-hybridized carbons (Fsp3) is 0.308. The van der Waals surface area contributed by atoms with E-state index < -0.39 is 0 Å². The van der Waals surface area contributed by atoms with Crippen LogP contribution in [-0.4, -0.2) is 38.2 Å². The Morgan fingerprint density at radius 2 is 2.03 bits per heavy atom. The van der Waals surface area contributed by atoms with E-state index in [4.69, 9.17) is 0 Å². The number of nitrogens with one attached hydrogen (secondary N) is 2. The molecule has 4 heterocycles. The molecule has 1 aliphatic heterocycles. The number of thiazole rings is 1. The van der Waals surface area contributed by atoms with Gasteiger partial charge in [0.1, 0.15) is 5.69 Å². The highest BCUT2D eigenvalue weighted by atomic mass is 32.1. The van der Waals surface area contributed by atoms with Crippen molar-refractivity contribution in [1.82, 2.24) is 25.2 Å². The zero-order valence-electron chi connectivity index (χ0n) is 19.4. The number of hydrogen-bond acceptors (Lipinski definition) is 5. The highest BCUT2D eigenvalue weighted by Crippen LogP contribution is 2.25. The second kappa shape index (κ2) is 9.38. The molecule has 3 aromatic heterocycles. The van der Waals surface area contributed by atoms with Crippen molar-refractivity contribution in [3.8, 4) is 0 Å². The van der Waals surface area contributed by atoms with Crippen LogP contribution in [0.2, 0.25) is 0 Å². The minimum atomic E-state index is -0.140. The smallest absolute Gasteiger partial charge is 0.267 e. The van der Waals surface area contributed by atoms with Crippen molar-refractivity contribution in [2.24, 2.45) is 0 Å². The number of fused-ring (bicyclic) bond motifs is 2. The van der Waals surface area contributed by atoms with Crippen LogP contribution in [0.15, 0.2) is 42.0 Å². The molecule has 0 spiro atoms. The summed E-state index contributed by atoms with van der Waals surface area (Å²) in [7, 11) is 0. The van der Waals surface area contributed by atoms with Gasteiger partial charge in [-0.05, 0) is 55.5 Å². The van der Waals surface area contributed by atoms with Crippen LogP contribution in [0, 0.1) is 13.8 Å². The number of para-hydroxylation sites is 1. The zero-order chi connectivity index (χ0) is 23.7. The number of rotatable bonds is 6. The van der Waals surface area contributed by atoms with Crippen LogP contribution in [0.1, 0.15) is 49.9 Å². The van der Waals surface area contributed by atoms with Gasteiger partial charge in [0, 0.05) is 53.7 Å². The quantitative estimate of drug-likeness (QED) is 0.441. The topological polar surface area (TPSA) is 91.0 Å². The molecule has 0 saturated carbocycles. The molecule has 7 nitrogen and oxygen atoms in total. The molecule has 0 unspecified atom stereocenters. The maximum Gasteiger partial charge on any atom is 0.267 e. The van der Waals surface area contributed by atoms with Crippen LogP contribution in [0.5, 0.6) is 0 Å².